The fourth-order valence-electron chi connectivity index (χ4n) is 1.45. The lowest BCUT2D eigenvalue weighted by Gasteiger charge is -2.11. The molecule has 0 aliphatic carbocycles. The Balaban J connectivity index is 4.18. The van der Waals surface area contributed by atoms with Gasteiger partial charge in [-0.25, -0.2) is 4.79 Å². The van der Waals surface area contributed by atoms with Crippen LogP contribution in [0.4, 0.5) is 0 Å². The predicted molar refractivity (Wildman–Crippen MR) is 59.3 cm³/mol. The van der Waals surface area contributed by atoms with Crippen LogP contribution in [0.2, 0.25) is 0 Å². The minimum atomic E-state index is -1.12. The lowest BCUT2D eigenvalue weighted by Crippen LogP contribution is -2.01. The second kappa shape index (κ2) is 8.05. The van der Waals surface area contributed by atoms with Gasteiger partial charge >= 0.3 is 5.97 Å². The Hall–Kier alpha value is -1.30. The van der Waals surface area contributed by atoms with Gasteiger partial charge in [-0.1, -0.05) is 45.6 Å². The van der Waals surface area contributed by atoms with Crippen molar-refractivity contribution >= 4 is 5.97 Å². The van der Waals surface area contributed by atoms with Crippen molar-refractivity contribution < 1.29 is 9.90 Å². The highest BCUT2D eigenvalue weighted by molar-refractivity contribution is 5.90. The first-order valence-corrected chi connectivity index (χ1v) is 5.49. The van der Waals surface area contributed by atoms with E-state index in [1.807, 2.05) is 0 Å². The number of unbranched alkanes of at least 4 members (excludes halogenated alkanes) is 1. The second-order valence-electron chi connectivity index (χ2n) is 3.69. The fourth-order valence-corrected chi connectivity index (χ4v) is 1.45. The van der Waals surface area contributed by atoms with Gasteiger partial charge in [-0.3, -0.25) is 0 Å². The number of nitrogens with zero attached hydrogens (tertiary/aromatic N) is 1. The van der Waals surface area contributed by atoms with Crippen LogP contribution in [0.25, 0.3) is 0 Å². The van der Waals surface area contributed by atoms with Crippen molar-refractivity contribution in [1.82, 2.24) is 0 Å². The number of allylic oxidation sites excluding steroid dienone is 1. The summed E-state index contributed by atoms with van der Waals surface area (Å²) >= 11 is 0. The van der Waals surface area contributed by atoms with Gasteiger partial charge in [0.1, 0.15) is 11.6 Å². The standard InChI is InChI=1S/C12H19NO2/c1-3-5-6-10(4-2)7-8-11(9-13)12(14)15/h8,10H,3-7H2,1-2H3,(H,14,15). The van der Waals surface area contributed by atoms with Crippen LogP contribution in [0.3, 0.4) is 0 Å². The molecule has 1 N–H and O–H groups in total. The number of aliphatic carboxylic acids is 1. The van der Waals surface area contributed by atoms with E-state index in [0.717, 1.165) is 19.3 Å². The molecule has 0 heterocycles. The van der Waals surface area contributed by atoms with E-state index < -0.39 is 5.97 Å². The first kappa shape index (κ1) is 13.7. The third kappa shape index (κ3) is 5.90. The van der Waals surface area contributed by atoms with Gasteiger partial charge in [-0.05, 0) is 12.3 Å². The molecule has 3 heteroatoms. The molecule has 0 aromatic rings. The predicted octanol–water partition coefficient (Wildman–Crippen LogP) is 3.13. The van der Waals surface area contributed by atoms with Gasteiger partial charge < -0.3 is 5.11 Å². The maximum Gasteiger partial charge on any atom is 0.346 e. The van der Waals surface area contributed by atoms with E-state index in [9.17, 15) is 4.79 Å². The summed E-state index contributed by atoms with van der Waals surface area (Å²) in [6.07, 6.45) is 6.72. The summed E-state index contributed by atoms with van der Waals surface area (Å²) in [4.78, 5) is 10.6. The molecule has 0 aromatic carbocycles. The number of hydrogen-bond acceptors (Lipinski definition) is 2. The smallest absolute Gasteiger partial charge is 0.346 e. The molecule has 0 rings (SSSR count). The van der Waals surface area contributed by atoms with Crippen molar-refractivity contribution in [2.75, 3.05) is 0 Å². The Morgan fingerprint density at radius 3 is 2.60 bits per heavy atom. The Morgan fingerprint density at radius 2 is 2.20 bits per heavy atom. The molecule has 0 aliphatic rings. The Kier molecular flexibility index (Phi) is 7.35. The molecule has 0 spiro atoms. The number of carboxylic acids is 1. The molecule has 15 heavy (non-hydrogen) atoms. The van der Waals surface area contributed by atoms with E-state index in [1.54, 1.807) is 12.1 Å². The lowest BCUT2D eigenvalue weighted by atomic mass is 9.95. The van der Waals surface area contributed by atoms with E-state index in [1.165, 1.54) is 6.42 Å². The van der Waals surface area contributed by atoms with Gasteiger partial charge in [0.05, 0.1) is 0 Å². The van der Waals surface area contributed by atoms with Crippen molar-refractivity contribution in [2.45, 2.75) is 46.0 Å². The number of carboxylic acid groups (broad SMARTS) is 1. The zero-order valence-electron chi connectivity index (χ0n) is 9.49. The van der Waals surface area contributed by atoms with Crippen LogP contribution in [0.15, 0.2) is 11.6 Å². The summed E-state index contributed by atoms with van der Waals surface area (Å²) in [5.41, 5.74) is -0.134. The molecule has 0 fully saturated rings. The molecule has 0 saturated carbocycles. The molecule has 0 radical (unpaired) electrons. The molecular weight excluding hydrogens is 190 g/mol. The summed E-state index contributed by atoms with van der Waals surface area (Å²) in [6.45, 7) is 4.24. The van der Waals surface area contributed by atoms with E-state index in [4.69, 9.17) is 10.4 Å². The van der Waals surface area contributed by atoms with Gasteiger partial charge in [0.15, 0.2) is 0 Å². The minimum Gasteiger partial charge on any atom is -0.477 e. The summed E-state index contributed by atoms with van der Waals surface area (Å²) in [6, 6.07) is 1.70. The SMILES string of the molecule is CCCCC(CC)CC=C(C#N)C(=O)O. The molecule has 3 nitrogen and oxygen atoms in total. The quantitative estimate of drug-likeness (QED) is 0.517. The van der Waals surface area contributed by atoms with Crippen molar-refractivity contribution in [1.29, 1.82) is 5.26 Å². The van der Waals surface area contributed by atoms with Crippen LogP contribution in [0.1, 0.15) is 46.0 Å². The van der Waals surface area contributed by atoms with E-state index >= 15 is 0 Å². The molecule has 1 unspecified atom stereocenters. The van der Waals surface area contributed by atoms with Crippen molar-refractivity contribution in [3.05, 3.63) is 11.6 Å². The zero-order valence-corrected chi connectivity index (χ0v) is 9.49. The average Bonchev–Trinajstić information content (AvgIpc) is 2.23. The summed E-state index contributed by atoms with van der Waals surface area (Å²) in [5.74, 6) is -0.615. The number of hydrogen-bond donors (Lipinski definition) is 1. The first-order valence-electron chi connectivity index (χ1n) is 5.49. The molecule has 0 aromatic heterocycles. The van der Waals surface area contributed by atoms with Gasteiger partial charge in [0, 0.05) is 0 Å². The van der Waals surface area contributed by atoms with E-state index in [-0.39, 0.29) is 5.57 Å². The van der Waals surface area contributed by atoms with E-state index in [2.05, 4.69) is 13.8 Å². The van der Waals surface area contributed by atoms with Crippen LogP contribution in [0.5, 0.6) is 0 Å². The lowest BCUT2D eigenvalue weighted by molar-refractivity contribution is -0.132. The molecule has 1 atom stereocenters. The second-order valence-corrected chi connectivity index (χ2v) is 3.69. The summed E-state index contributed by atoms with van der Waals surface area (Å²) in [7, 11) is 0. The van der Waals surface area contributed by atoms with Gasteiger partial charge in [0.2, 0.25) is 0 Å². The molecule has 0 amide bonds. The van der Waals surface area contributed by atoms with Gasteiger partial charge in [-0.2, -0.15) is 5.26 Å². The molecule has 0 aliphatic heterocycles. The normalized spacial score (nSPS) is 13.3. The zero-order chi connectivity index (χ0) is 11.7. The highest BCUT2D eigenvalue weighted by Crippen LogP contribution is 2.17. The minimum absolute atomic E-state index is 0.134. The third-order valence-electron chi connectivity index (χ3n) is 2.55. The van der Waals surface area contributed by atoms with Crippen molar-refractivity contribution in [2.24, 2.45) is 5.92 Å². The molecule has 0 bridgehead atoms. The highest BCUT2D eigenvalue weighted by Gasteiger charge is 2.08. The van der Waals surface area contributed by atoms with E-state index in [0.29, 0.717) is 12.3 Å². The highest BCUT2D eigenvalue weighted by atomic mass is 16.4. The largest absolute Gasteiger partial charge is 0.477 e. The number of nitriles is 1. The van der Waals surface area contributed by atoms with Gasteiger partial charge in [-0.15, -0.1) is 0 Å². The van der Waals surface area contributed by atoms with Crippen molar-refractivity contribution in [3.63, 3.8) is 0 Å². The monoisotopic (exact) mass is 209 g/mol. The van der Waals surface area contributed by atoms with Crippen LogP contribution in [0, 0.1) is 17.2 Å². The maximum atomic E-state index is 10.6. The molecule has 0 saturated heterocycles. The third-order valence-corrected chi connectivity index (χ3v) is 2.55. The maximum absolute atomic E-state index is 10.6. The summed E-state index contributed by atoms with van der Waals surface area (Å²) in [5, 5.41) is 17.2. The number of carbonyl (C=O) groups is 1. The van der Waals surface area contributed by atoms with Crippen molar-refractivity contribution in [3.8, 4) is 6.07 Å². The van der Waals surface area contributed by atoms with Crippen LogP contribution in [-0.2, 0) is 4.79 Å². The Bertz CT molecular complexity index is 263. The van der Waals surface area contributed by atoms with Crippen LogP contribution < -0.4 is 0 Å². The van der Waals surface area contributed by atoms with Gasteiger partial charge in [0.25, 0.3) is 0 Å². The average molecular weight is 209 g/mol. The molecular formula is C12H19NO2. The van der Waals surface area contributed by atoms with Crippen LogP contribution in [-0.4, -0.2) is 11.1 Å². The fraction of sp³-hybridized carbons (Fsp3) is 0.667. The Morgan fingerprint density at radius 1 is 1.53 bits per heavy atom. The first-order chi connectivity index (χ1) is 7.15. The summed E-state index contributed by atoms with van der Waals surface area (Å²) < 4.78 is 0. The molecule has 84 valence electrons. The topological polar surface area (TPSA) is 61.1 Å². The Labute approximate surface area is 91.4 Å². The number of rotatable bonds is 7. The van der Waals surface area contributed by atoms with Crippen LogP contribution >= 0.6 is 0 Å².